The zero-order chi connectivity index (χ0) is 9.68. The van der Waals surface area contributed by atoms with Gasteiger partial charge in [-0.25, -0.2) is 0 Å². The summed E-state index contributed by atoms with van der Waals surface area (Å²) >= 11 is 0. The standard InChI is InChI=1S/C11H17NO/c1-2-3-7-11(12)9-5-4-6-10(13)8-9/h4-6,8,11,13H,2-3,7,12H2,1H3/t11-/m0/s1. The number of benzene rings is 1. The molecular formula is C11H17NO. The molecule has 0 unspecified atom stereocenters. The van der Waals surface area contributed by atoms with Crippen LogP contribution in [0.5, 0.6) is 5.75 Å². The van der Waals surface area contributed by atoms with Crippen LogP contribution in [-0.2, 0) is 0 Å². The van der Waals surface area contributed by atoms with Gasteiger partial charge in [0, 0.05) is 6.04 Å². The molecule has 0 saturated heterocycles. The van der Waals surface area contributed by atoms with Gasteiger partial charge in [0.25, 0.3) is 0 Å². The highest BCUT2D eigenvalue weighted by molar-refractivity contribution is 5.29. The highest BCUT2D eigenvalue weighted by Crippen LogP contribution is 2.20. The van der Waals surface area contributed by atoms with Crippen molar-refractivity contribution in [2.75, 3.05) is 0 Å². The van der Waals surface area contributed by atoms with Crippen LogP contribution in [0.4, 0.5) is 0 Å². The fraction of sp³-hybridized carbons (Fsp3) is 0.455. The minimum atomic E-state index is 0.0621. The van der Waals surface area contributed by atoms with E-state index in [-0.39, 0.29) is 6.04 Å². The minimum Gasteiger partial charge on any atom is -0.508 e. The minimum absolute atomic E-state index is 0.0621. The Labute approximate surface area is 79.4 Å². The molecule has 2 heteroatoms. The van der Waals surface area contributed by atoms with Gasteiger partial charge in [-0.3, -0.25) is 0 Å². The van der Waals surface area contributed by atoms with Crippen molar-refractivity contribution in [1.82, 2.24) is 0 Å². The molecule has 1 aromatic carbocycles. The van der Waals surface area contributed by atoms with Crippen LogP contribution in [0.25, 0.3) is 0 Å². The van der Waals surface area contributed by atoms with Crippen LogP contribution in [0.3, 0.4) is 0 Å². The Kier molecular flexibility index (Phi) is 3.77. The zero-order valence-electron chi connectivity index (χ0n) is 8.03. The van der Waals surface area contributed by atoms with Crippen molar-refractivity contribution in [2.24, 2.45) is 5.73 Å². The van der Waals surface area contributed by atoms with E-state index in [2.05, 4.69) is 6.92 Å². The first-order chi connectivity index (χ1) is 6.24. The molecule has 72 valence electrons. The summed E-state index contributed by atoms with van der Waals surface area (Å²) in [6.07, 6.45) is 3.28. The molecule has 0 fully saturated rings. The number of unbranched alkanes of at least 4 members (excludes halogenated alkanes) is 1. The molecule has 2 nitrogen and oxygen atoms in total. The SMILES string of the molecule is CCCC[C@H](N)c1cccc(O)c1. The van der Waals surface area contributed by atoms with Crippen LogP contribution >= 0.6 is 0 Å². The van der Waals surface area contributed by atoms with Crippen molar-refractivity contribution >= 4 is 0 Å². The zero-order valence-corrected chi connectivity index (χ0v) is 8.03. The molecule has 0 aliphatic heterocycles. The number of hydrogen-bond donors (Lipinski definition) is 2. The van der Waals surface area contributed by atoms with Gasteiger partial charge in [-0.15, -0.1) is 0 Å². The van der Waals surface area contributed by atoms with Gasteiger partial charge in [0.15, 0.2) is 0 Å². The molecule has 0 aliphatic carbocycles. The van der Waals surface area contributed by atoms with Gasteiger partial charge in [-0.05, 0) is 24.1 Å². The number of aromatic hydroxyl groups is 1. The van der Waals surface area contributed by atoms with Crippen LogP contribution < -0.4 is 5.73 Å². The molecule has 0 bridgehead atoms. The molecule has 13 heavy (non-hydrogen) atoms. The Morgan fingerprint density at radius 3 is 2.85 bits per heavy atom. The number of phenols is 1. The predicted molar refractivity (Wildman–Crippen MR) is 54.6 cm³/mol. The van der Waals surface area contributed by atoms with E-state index in [1.165, 1.54) is 0 Å². The second kappa shape index (κ2) is 4.87. The quantitative estimate of drug-likeness (QED) is 0.746. The highest BCUT2D eigenvalue weighted by atomic mass is 16.3. The maximum Gasteiger partial charge on any atom is 0.115 e. The van der Waals surface area contributed by atoms with Crippen molar-refractivity contribution in [2.45, 2.75) is 32.2 Å². The summed E-state index contributed by atoms with van der Waals surface area (Å²) < 4.78 is 0. The Morgan fingerprint density at radius 2 is 2.23 bits per heavy atom. The van der Waals surface area contributed by atoms with Crippen LogP contribution in [0, 0.1) is 0 Å². The molecule has 1 aromatic rings. The topological polar surface area (TPSA) is 46.2 Å². The molecule has 1 atom stereocenters. The average Bonchev–Trinajstić information content (AvgIpc) is 2.14. The third kappa shape index (κ3) is 3.07. The van der Waals surface area contributed by atoms with Crippen molar-refractivity contribution in [3.8, 4) is 5.75 Å². The summed E-state index contributed by atoms with van der Waals surface area (Å²) in [6.45, 7) is 2.15. The lowest BCUT2D eigenvalue weighted by atomic mass is 10.0. The van der Waals surface area contributed by atoms with Crippen LogP contribution in [0.1, 0.15) is 37.8 Å². The van der Waals surface area contributed by atoms with Gasteiger partial charge in [0.1, 0.15) is 5.75 Å². The summed E-state index contributed by atoms with van der Waals surface area (Å²) in [5, 5.41) is 9.23. The average molecular weight is 179 g/mol. The van der Waals surface area contributed by atoms with E-state index < -0.39 is 0 Å². The Morgan fingerprint density at radius 1 is 1.46 bits per heavy atom. The second-order valence-electron chi connectivity index (χ2n) is 3.34. The van der Waals surface area contributed by atoms with Crippen LogP contribution in [-0.4, -0.2) is 5.11 Å². The molecular weight excluding hydrogens is 162 g/mol. The summed E-state index contributed by atoms with van der Waals surface area (Å²) in [7, 11) is 0. The van der Waals surface area contributed by atoms with E-state index in [0.29, 0.717) is 5.75 Å². The molecule has 0 aliphatic rings. The predicted octanol–water partition coefficient (Wildman–Crippen LogP) is 2.58. The van der Waals surface area contributed by atoms with Gasteiger partial charge in [-0.2, -0.15) is 0 Å². The highest BCUT2D eigenvalue weighted by Gasteiger charge is 2.04. The Balaban J connectivity index is 2.60. The number of nitrogens with two attached hydrogens (primary N) is 1. The van der Waals surface area contributed by atoms with Crippen molar-refractivity contribution < 1.29 is 5.11 Å². The number of rotatable bonds is 4. The number of phenolic OH excluding ortho intramolecular Hbond substituents is 1. The van der Waals surface area contributed by atoms with Crippen molar-refractivity contribution in [3.63, 3.8) is 0 Å². The van der Waals surface area contributed by atoms with Crippen molar-refractivity contribution in [3.05, 3.63) is 29.8 Å². The first-order valence-corrected chi connectivity index (χ1v) is 4.78. The fourth-order valence-electron chi connectivity index (χ4n) is 1.35. The Bertz CT molecular complexity index is 260. The maximum absolute atomic E-state index is 9.23. The van der Waals surface area contributed by atoms with E-state index in [1.54, 1.807) is 12.1 Å². The first-order valence-electron chi connectivity index (χ1n) is 4.78. The molecule has 0 saturated carbocycles. The third-order valence-electron chi connectivity index (χ3n) is 2.17. The smallest absolute Gasteiger partial charge is 0.115 e. The normalized spacial score (nSPS) is 12.8. The molecule has 0 radical (unpaired) electrons. The molecule has 1 rings (SSSR count). The van der Waals surface area contributed by atoms with Crippen LogP contribution in [0.15, 0.2) is 24.3 Å². The molecule has 0 aromatic heterocycles. The van der Waals surface area contributed by atoms with E-state index in [4.69, 9.17) is 5.73 Å². The van der Waals surface area contributed by atoms with E-state index in [9.17, 15) is 5.11 Å². The van der Waals surface area contributed by atoms with Gasteiger partial charge < -0.3 is 10.8 Å². The molecule has 0 amide bonds. The maximum atomic E-state index is 9.23. The molecule has 3 N–H and O–H groups in total. The second-order valence-corrected chi connectivity index (χ2v) is 3.34. The summed E-state index contributed by atoms with van der Waals surface area (Å²) in [5.74, 6) is 0.296. The lowest BCUT2D eigenvalue weighted by molar-refractivity contribution is 0.473. The third-order valence-corrected chi connectivity index (χ3v) is 2.17. The summed E-state index contributed by atoms with van der Waals surface area (Å²) in [5.41, 5.74) is 6.96. The number of hydrogen-bond acceptors (Lipinski definition) is 2. The van der Waals surface area contributed by atoms with Gasteiger partial charge in [-0.1, -0.05) is 31.9 Å². The Hall–Kier alpha value is -1.02. The molecule has 0 heterocycles. The van der Waals surface area contributed by atoms with E-state index in [1.807, 2.05) is 12.1 Å². The summed E-state index contributed by atoms with van der Waals surface area (Å²) in [6, 6.07) is 7.25. The lowest BCUT2D eigenvalue weighted by Gasteiger charge is -2.11. The molecule has 0 spiro atoms. The fourth-order valence-corrected chi connectivity index (χ4v) is 1.35. The largest absolute Gasteiger partial charge is 0.508 e. The van der Waals surface area contributed by atoms with E-state index in [0.717, 1.165) is 24.8 Å². The monoisotopic (exact) mass is 179 g/mol. The lowest BCUT2D eigenvalue weighted by Crippen LogP contribution is -2.09. The van der Waals surface area contributed by atoms with E-state index >= 15 is 0 Å². The van der Waals surface area contributed by atoms with Crippen LogP contribution in [0.2, 0.25) is 0 Å². The first kappa shape index (κ1) is 10.1. The summed E-state index contributed by atoms with van der Waals surface area (Å²) in [4.78, 5) is 0. The van der Waals surface area contributed by atoms with Gasteiger partial charge >= 0.3 is 0 Å². The van der Waals surface area contributed by atoms with Gasteiger partial charge in [0.05, 0.1) is 0 Å². The van der Waals surface area contributed by atoms with Crippen molar-refractivity contribution in [1.29, 1.82) is 0 Å². The van der Waals surface area contributed by atoms with Gasteiger partial charge in [0.2, 0.25) is 0 Å².